The first-order valence-electron chi connectivity index (χ1n) is 11.4. The number of morpholine rings is 1. The molecule has 0 aromatic heterocycles. The van der Waals surface area contributed by atoms with Gasteiger partial charge in [0.1, 0.15) is 4.90 Å². The number of rotatable bonds is 8. The van der Waals surface area contributed by atoms with E-state index in [9.17, 15) is 13.2 Å². The van der Waals surface area contributed by atoms with E-state index in [4.69, 9.17) is 16.3 Å². The van der Waals surface area contributed by atoms with E-state index in [1.807, 2.05) is 25.1 Å². The molecule has 1 amide bonds. The minimum Gasteiger partial charge on any atom is -0.379 e. The van der Waals surface area contributed by atoms with Crippen LogP contribution in [0.4, 0.5) is 5.69 Å². The monoisotopic (exact) mass is 513 g/mol. The summed E-state index contributed by atoms with van der Waals surface area (Å²) in [5.74, 6) is -0.382. The summed E-state index contributed by atoms with van der Waals surface area (Å²) in [7, 11) is -3.98. The van der Waals surface area contributed by atoms with Crippen molar-refractivity contribution in [2.75, 3.05) is 31.0 Å². The highest BCUT2D eigenvalue weighted by Crippen LogP contribution is 2.25. The summed E-state index contributed by atoms with van der Waals surface area (Å²) in [6.45, 7) is 6.32. The molecular formula is C26H28ClN3O4S. The van der Waals surface area contributed by atoms with Gasteiger partial charge in [-0.3, -0.25) is 14.4 Å². The van der Waals surface area contributed by atoms with E-state index in [2.05, 4.69) is 27.1 Å². The van der Waals surface area contributed by atoms with Crippen LogP contribution in [-0.4, -0.2) is 45.5 Å². The minimum absolute atomic E-state index is 0.0394. The number of nitrogens with one attached hydrogen (secondary N) is 2. The number of nitrogens with zero attached hydrogens (tertiary/aromatic N) is 1. The van der Waals surface area contributed by atoms with Crippen LogP contribution in [0.15, 0.2) is 71.6 Å². The summed E-state index contributed by atoms with van der Waals surface area (Å²) in [6.07, 6.45) is 0. The topological polar surface area (TPSA) is 87.7 Å². The molecule has 9 heteroatoms. The van der Waals surface area contributed by atoms with Crippen LogP contribution in [0.3, 0.4) is 0 Å². The predicted octanol–water partition coefficient (Wildman–Crippen LogP) is 4.21. The largest absolute Gasteiger partial charge is 0.379 e. The van der Waals surface area contributed by atoms with Gasteiger partial charge in [-0.2, -0.15) is 0 Å². The zero-order chi connectivity index (χ0) is 24.8. The third-order valence-electron chi connectivity index (χ3n) is 5.71. The standard InChI is InChI=1S/C26H28ClN3O4S/c1-19-4-2-7-23(14-19)29-35(32,33)25-16-22(8-9-24(25)27)26(31)28-17-20-5-3-6-21(15-20)18-30-10-12-34-13-11-30/h2-9,14-16,29H,10-13,17-18H2,1H3,(H,28,31). The van der Waals surface area contributed by atoms with E-state index in [-0.39, 0.29) is 21.4 Å². The van der Waals surface area contributed by atoms with E-state index in [0.29, 0.717) is 12.2 Å². The average Bonchev–Trinajstić information content (AvgIpc) is 2.83. The zero-order valence-corrected chi connectivity index (χ0v) is 21.0. The lowest BCUT2D eigenvalue weighted by atomic mass is 10.1. The van der Waals surface area contributed by atoms with Crippen molar-refractivity contribution >= 4 is 33.2 Å². The molecule has 0 aliphatic carbocycles. The Labute approximate surface area is 211 Å². The van der Waals surface area contributed by atoms with Gasteiger partial charge in [0.15, 0.2) is 0 Å². The number of benzene rings is 3. The molecule has 0 spiro atoms. The van der Waals surface area contributed by atoms with Crippen LogP contribution in [0.25, 0.3) is 0 Å². The number of hydrogen-bond donors (Lipinski definition) is 2. The maximum absolute atomic E-state index is 12.9. The fourth-order valence-corrected chi connectivity index (χ4v) is 5.49. The molecule has 0 bridgehead atoms. The lowest BCUT2D eigenvalue weighted by molar-refractivity contribution is 0.0342. The third kappa shape index (κ3) is 6.82. The molecule has 0 saturated carbocycles. The second-order valence-corrected chi connectivity index (χ2v) is 10.6. The van der Waals surface area contributed by atoms with E-state index < -0.39 is 10.0 Å². The molecule has 3 aromatic carbocycles. The highest BCUT2D eigenvalue weighted by Gasteiger charge is 2.21. The number of ether oxygens (including phenoxy) is 1. The Morgan fingerprint density at radius 2 is 1.74 bits per heavy atom. The van der Waals surface area contributed by atoms with Crippen molar-refractivity contribution in [3.05, 3.63) is 94.0 Å². The average molecular weight is 514 g/mol. The molecule has 1 aliphatic heterocycles. The van der Waals surface area contributed by atoms with Crippen LogP contribution in [-0.2, 0) is 27.8 Å². The summed E-state index contributed by atoms with van der Waals surface area (Å²) in [4.78, 5) is 15.0. The normalized spacial score (nSPS) is 14.5. The van der Waals surface area contributed by atoms with Crippen LogP contribution >= 0.6 is 11.6 Å². The van der Waals surface area contributed by atoms with E-state index in [1.165, 1.54) is 23.8 Å². The Bertz CT molecular complexity index is 1310. The van der Waals surface area contributed by atoms with Crippen LogP contribution in [0.1, 0.15) is 27.0 Å². The third-order valence-corrected chi connectivity index (χ3v) is 7.57. The molecule has 3 aromatic rings. The fraction of sp³-hybridized carbons (Fsp3) is 0.269. The number of hydrogen-bond acceptors (Lipinski definition) is 5. The van der Waals surface area contributed by atoms with E-state index >= 15 is 0 Å². The predicted molar refractivity (Wildman–Crippen MR) is 137 cm³/mol. The van der Waals surface area contributed by atoms with Gasteiger partial charge in [-0.25, -0.2) is 8.42 Å². The van der Waals surface area contributed by atoms with Gasteiger partial charge in [-0.1, -0.05) is 48.0 Å². The maximum Gasteiger partial charge on any atom is 0.263 e. The van der Waals surface area contributed by atoms with Gasteiger partial charge < -0.3 is 10.1 Å². The van der Waals surface area contributed by atoms with Gasteiger partial charge in [-0.05, 0) is 53.9 Å². The Morgan fingerprint density at radius 3 is 2.51 bits per heavy atom. The molecule has 184 valence electrons. The maximum atomic E-state index is 12.9. The van der Waals surface area contributed by atoms with Gasteiger partial charge in [0.2, 0.25) is 0 Å². The quantitative estimate of drug-likeness (QED) is 0.471. The SMILES string of the molecule is Cc1cccc(NS(=O)(=O)c2cc(C(=O)NCc3cccc(CN4CCOCC4)c3)ccc2Cl)c1. The number of anilines is 1. The lowest BCUT2D eigenvalue weighted by Crippen LogP contribution is -2.35. The van der Waals surface area contributed by atoms with Crippen molar-refractivity contribution in [3.63, 3.8) is 0 Å². The second-order valence-electron chi connectivity index (χ2n) is 8.51. The van der Waals surface area contributed by atoms with Crippen molar-refractivity contribution < 1.29 is 17.9 Å². The van der Waals surface area contributed by atoms with Gasteiger partial charge in [0, 0.05) is 37.4 Å². The minimum atomic E-state index is -3.98. The number of halogens is 1. The number of sulfonamides is 1. The van der Waals surface area contributed by atoms with E-state index in [1.54, 1.807) is 18.2 Å². The Hall–Kier alpha value is -2.91. The van der Waals surface area contributed by atoms with Crippen LogP contribution < -0.4 is 10.0 Å². The smallest absolute Gasteiger partial charge is 0.263 e. The molecule has 1 fully saturated rings. The van der Waals surface area contributed by atoms with Crippen molar-refractivity contribution in [3.8, 4) is 0 Å². The first kappa shape index (κ1) is 25.2. The molecule has 0 atom stereocenters. The highest BCUT2D eigenvalue weighted by molar-refractivity contribution is 7.92. The van der Waals surface area contributed by atoms with Crippen molar-refractivity contribution in [2.45, 2.75) is 24.9 Å². The molecule has 1 saturated heterocycles. The van der Waals surface area contributed by atoms with Gasteiger partial charge in [0.05, 0.1) is 18.2 Å². The molecule has 2 N–H and O–H groups in total. The fourth-order valence-electron chi connectivity index (χ4n) is 3.91. The Kier molecular flexibility index (Phi) is 8.07. The van der Waals surface area contributed by atoms with Crippen LogP contribution in [0.5, 0.6) is 0 Å². The molecule has 0 radical (unpaired) electrons. The van der Waals surface area contributed by atoms with Gasteiger partial charge in [0.25, 0.3) is 15.9 Å². The summed E-state index contributed by atoms with van der Waals surface area (Å²) in [6, 6.07) is 19.3. The van der Waals surface area contributed by atoms with Crippen LogP contribution in [0.2, 0.25) is 5.02 Å². The first-order valence-corrected chi connectivity index (χ1v) is 13.2. The summed E-state index contributed by atoms with van der Waals surface area (Å²) in [5.41, 5.74) is 3.68. The van der Waals surface area contributed by atoms with Gasteiger partial charge in [-0.15, -0.1) is 0 Å². The Morgan fingerprint density at radius 1 is 1.00 bits per heavy atom. The second kappa shape index (κ2) is 11.2. The number of carbonyl (C=O) groups excluding carboxylic acids is 1. The summed E-state index contributed by atoms with van der Waals surface area (Å²) in [5, 5.41) is 2.91. The van der Waals surface area contributed by atoms with Crippen LogP contribution in [0, 0.1) is 6.92 Å². The highest BCUT2D eigenvalue weighted by atomic mass is 35.5. The molecule has 1 aliphatic rings. The summed E-state index contributed by atoms with van der Waals surface area (Å²) >= 11 is 6.19. The molecule has 1 heterocycles. The Balaban J connectivity index is 1.43. The molecule has 0 unspecified atom stereocenters. The molecule has 35 heavy (non-hydrogen) atoms. The molecule has 4 rings (SSSR count). The zero-order valence-electron chi connectivity index (χ0n) is 19.5. The number of carbonyl (C=O) groups is 1. The molecular weight excluding hydrogens is 486 g/mol. The first-order chi connectivity index (χ1) is 16.8. The van der Waals surface area contributed by atoms with Crippen molar-refractivity contribution in [1.82, 2.24) is 10.2 Å². The number of aryl methyl sites for hydroxylation is 1. The molecule has 7 nitrogen and oxygen atoms in total. The van der Waals surface area contributed by atoms with E-state index in [0.717, 1.165) is 44.0 Å². The lowest BCUT2D eigenvalue weighted by Gasteiger charge is -2.26. The number of amides is 1. The summed E-state index contributed by atoms with van der Waals surface area (Å²) < 4.78 is 33.8. The van der Waals surface area contributed by atoms with Gasteiger partial charge >= 0.3 is 0 Å². The van der Waals surface area contributed by atoms with Crippen molar-refractivity contribution in [1.29, 1.82) is 0 Å². The van der Waals surface area contributed by atoms with Crippen molar-refractivity contribution in [2.24, 2.45) is 0 Å².